The average Bonchev–Trinajstić information content (AvgIpc) is 3.18. The van der Waals surface area contributed by atoms with Gasteiger partial charge in [0.25, 0.3) is 0 Å². The van der Waals surface area contributed by atoms with Crippen LogP contribution in [0.5, 0.6) is 0 Å². The SMILES string of the molecule is CCCS(=O)(=O)N1CCCC1C(=O)N1CCC(C(=O)Nc2cc(C)ccn2)CC1. The molecule has 1 aromatic heterocycles. The van der Waals surface area contributed by atoms with Gasteiger partial charge in [-0.25, -0.2) is 13.4 Å². The third-order valence-corrected chi connectivity index (χ3v) is 7.73. The van der Waals surface area contributed by atoms with E-state index in [1.165, 1.54) is 4.31 Å². The maximum absolute atomic E-state index is 13.0. The van der Waals surface area contributed by atoms with E-state index in [0.717, 1.165) is 5.56 Å². The first-order chi connectivity index (χ1) is 13.8. The Bertz CT molecular complexity index is 850. The highest BCUT2D eigenvalue weighted by Gasteiger charge is 2.41. The summed E-state index contributed by atoms with van der Waals surface area (Å²) in [5, 5.41) is 2.85. The minimum atomic E-state index is -3.39. The molecule has 3 rings (SSSR count). The molecule has 1 atom stereocenters. The average molecular weight is 423 g/mol. The summed E-state index contributed by atoms with van der Waals surface area (Å²) in [4.78, 5) is 31.4. The number of likely N-dealkylation sites (tertiary alicyclic amines) is 1. The lowest BCUT2D eigenvalue weighted by atomic mass is 9.95. The Labute approximate surface area is 172 Å². The molecule has 1 unspecified atom stereocenters. The van der Waals surface area contributed by atoms with Gasteiger partial charge in [0.1, 0.15) is 11.9 Å². The zero-order chi connectivity index (χ0) is 21.0. The number of piperidine rings is 1. The number of nitrogens with zero attached hydrogens (tertiary/aromatic N) is 3. The van der Waals surface area contributed by atoms with Crippen LogP contribution < -0.4 is 5.32 Å². The van der Waals surface area contributed by atoms with Crippen molar-refractivity contribution in [2.75, 3.05) is 30.7 Å². The second-order valence-corrected chi connectivity index (χ2v) is 9.93. The first kappa shape index (κ1) is 21.7. The minimum Gasteiger partial charge on any atom is -0.341 e. The summed E-state index contributed by atoms with van der Waals surface area (Å²) < 4.78 is 26.3. The van der Waals surface area contributed by atoms with Crippen molar-refractivity contribution >= 4 is 27.7 Å². The normalized spacial score (nSPS) is 21.3. The van der Waals surface area contributed by atoms with Gasteiger partial charge in [-0.15, -0.1) is 0 Å². The number of rotatable bonds is 6. The lowest BCUT2D eigenvalue weighted by Crippen LogP contribution is -2.51. The number of aromatic nitrogens is 1. The van der Waals surface area contributed by atoms with Crippen molar-refractivity contribution in [3.05, 3.63) is 23.9 Å². The molecule has 1 aromatic rings. The van der Waals surface area contributed by atoms with Gasteiger partial charge in [-0.2, -0.15) is 4.31 Å². The van der Waals surface area contributed by atoms with Crippen molar-refractivity contribution in [1.82, 2.24) is 14.2 Å². The lowest BCUT2D eigenvalue weighted by molar-refractivity contribution is -0.137. The molecule has 2 fully saturated rings. The molecule has 2 aliphatic rings. The second-order valence-electron chi connectivity index (χ2n) is 7.89. The molecular formula is C20H30N4O4S. The maximum Gasteiger partial charge on any atom is 0.241 e. The highest BCUT2D eigenvalue weighted by atomic mass is 32.2. The molecule has 8 nitrogen and oxygen atoms in total. The number of hydrogen-bond donors (Lipinski definition) is 1. The molecule has 0 aliphatic carbocycles. The third-order valence-electron chi connectivity index (χ3n) is 5.65. The summed E-state index contributed by atoms with van der Waals surface area (Å²) in [5.74, 6) is 0.233. The molecule has 0 aromatic carbocycles. The van der Waals surface area contributed by atoms with Crippen molar-refractivity contribution < 1.29 is 18.0 Å². The van der Waals surface area contributed by atoms with Crippen molar-refractivity contribution in [2.45, 2.75) is 52.0 Å². The van der Waals surface area contributed by atoms with Crippen LogP contribution >= 0.6 is 0 Å². The van der Waals surface area contributed by atoms with Crippen LogP contribution in [-0.4, -0.2) is 65.9 Å². The van der Waals surface area contributed by atoms with Gasteiger partial charge in [0, 0.05) is 31.7 Å². The molecule has 160 valence electrons. The molecule has 2 amide bonds. The molecule has 9 heteroatoms. The molecule has 0 bridgehead atoms. The Morgan fingerprint density at radius 2 is 1.93 bits per heavy atom. The van der Waals surface area contributed by atoms with E-state index in [1.807, 2.05) is 26.0 Å². The van der Waals surface area contributed by atoms with Gasteiger partial charge in [0.2, 0.25) is 21.8 Å². The number of sulfonamides is 1. The molecule has 29 heavy (non-hydrogen) atoms. The van der Waals surface area contributed by atoms with Crippen LogP contribution in [0.25, 0.3) is 0 Å². The van der Waals surface area contributed by atoms with Crippen LogP contribution in [0.4, 0.5) is 5.82 Å². The number of carbonyl (C=O) groups excluding carboxylic acids is 2. The molecule has 0 radical (unpaired) electrons. The molecule has 2 aliphatic heterocycles. The summed E-state index contributed by atoms with van der Waals surface area (Å²) in [6.07, 6.45) is 4.61. The van der Waals surface area contributed by atoms with Crippen LogP contribution in [-0.2, 0) is 19.6 Å². The van der Waals surface area contributed by atoms with Gasteiger partial charge in [-0.05, 0) is 56.7 Å². The highest BCUT2D eigenvalue weighted by molar-refractivity contribution is 7.89. The van der Waals surface area contributed by atoms with E-state index in [4.69, 9.17) is 0 Å². The predicted octanol–water partition coefficient (Wildman–Crippen LogP) is 1.77. The van der Waals surface area contributed by atoms with E-state index in [0.29, 0.717) is 57.6 Å². The monoisotopic (exact) mass is 422 g/mol. The van der Waals surface area contributed by atoms with Gasteiger partial charge in [0.15, 0.2) is 0 Å². The fourth-order valence-electron chi connectivity index (χ4n) is 4.10. The second kappa shape index (κ2) is 9.21. The van der Waals surface area contributed by atoms with Gasteiger partial charge >= 0.3 is 0 Å². The Morgan fingerprint density at radius 3 is 2.59 bits per heavy atom. The number of nitrogens with one attached hydrogen (secondary N) is 1. The fourth-order valence-corrected chi connectivity index (χ4v) is 5.84. The van der Waals surface area contributed by atoms with E-state index in [9.17, 15) is 18.0 Å². The molecule has 2 saturated heterocycles. The van der Waals surface area contributed by atoms with E-state index >= 15 is 0 Å². The first-order valence-corrected chi connectivity index (χ1v) is 11.9. The molecule has 1 N–H and O–H groups in total. The topological polar surface area (TPSA) is 99.7 Å². The van der Waals surface area contributed by atoms with Crippen LogP contribution in [0.1, 0.15) is 44.6 Å². The quantitative estimate of drug-likeness (QED) is 0.753. The number of hydrogen-bond acceptors (Lipinski definition) is 5. The van der Waals surface area contributed by atoms with Gasteiger partial charge in [-0.1, -0.05) is 6.92 Å². The molecule has 3 heterocycles. The fraction of sp³-hybridized carbons (Fsp3) is 0.650. The summed E-state index contributed by atoms with van der Waals surface area (Å²) in [6, 6.07) is 3.10. The third kappa shape index (κ3) is 5.14. The van der Waals surface area contributed by atoms with Crippen molar-refractivity contribution in [3.8, 4) is 0 Å². The number of carbonyl (C=O) groups is 2. The van der Waals surface area contributed by atoms with Crippen molar-refractivity contribution in [1.29, 1.82) is 0 Å². The van der Waals surface area contributed by atoms with Crippen molar-refractivity contribution in [3.63, 3.8) is 0 Å². The van der Waals surface area contributed by atoms with E-state index in [2.05, 4.69) is 10.3 Å². The predicted molar refractivity (Wildman–Crippen MR) is 111 cm³/mol. The summed E-state index contributed by atoms with van der Waals surface area (Å²) in [6.45, 7) is 5.12. The zero-order valence-electron chi connectivity index (χ0n) is 17.1. The summed E-state index contributed by atoms with van der Waals surface area (Å²) in [5.41, 5.74) is 1.02. The van der Waals surface area contributed by atoms with E-state index < -0.39 is 16.1 Å². The van der Waals surface area contributed by atoms with Crippen LogP contribution in [0, 0.1) is 12.8 Å². The standard InChI is InChI=1S/C20H30N4O4S/c1-3-13-29(27,28)24-10-4-5-17(24)20(26)23-11-7-16(8-12-23)19(25)22-18-14-15(2)6-9-21-18/h6,9,14,16-17H,3-5,7-8,10-13H2,1-2H3,(H,21,22,25). The smallest absolute Gasteiger partial charge is 0.241 e. The minimum absolute atomic E-state index is 0.0754. The molecule has 0 spiro atoms. The largest absolute Gasteiger partial charge is 0.341 e. The first-order valence-electron chi connectivity index (χ1n) is 10.3. The Balaban J connectivity index is 1.56. The Hall–Kier alpha value is -2.00. The lowest BCUT2D eigenvalue weighted by Gasteiger charge is -2.34. The van der Waals surface area contributed by atoms with Gasteiger partial charge in [-0.3, -0.25) is 9.59 Å². The van der Waals surface area contributed by atoms with Crippen LogP contribution in [0.15, 0.2) is 18.3 Å². The molecular weight excluding hydrogens is 392 g/mol. The van der Waals surface area contributed by atoms with E-state index in [1.54, 1.807) is 11.1 Å². The summed E-state index contributed by atoms with van der Waals surface area (Å²) in [7, 11) is -3.39. The maximum atomic E-state index is 13.0. The highest BCUT2D eigenvalue weighted by Crippen LogP contribution is 2.26. The van der Waals surface area contributed by atoms with Gasteiger partial charge in [0.05, 0.1) is 5.75 Å². The zero-order valence-corrected chi connectivity index (χ0v) is 18.0. The number of amides is 2. The van der Waals surface area contributed by atoms with Crippen LogP contribution in [0.2, 0.25) is 0 Å². The number of anilines is 1. The Morgan fingerprint density at radius 1 is 1.21 bits per heavy atom. The van der Waals surface area contributed by atoms with E-state index in [-0.39, 0.29) is 23.5 Å². The number of pyridine rings is 1. The Kier molecular flexibility index (Phi) is 6.89. The summed E-state index contributed by atoms with van der Waals surface area (Å²) >= 11 is 0. The number of aryl methyl sites for hydroxylation is 1. The molecule has 0 saturated carbocycles. The van der Waals surface area contributed by atoms with Crippen molar-refractivity contribution in [2.24, 2.45) is 5.92 Å². The van der Waals surface area contributed by atoms with Crippen LogP contribution in [0.3, 0.4) is 0 Å². The van der Waals surface area contributed by atoms with Gasteiger partial charge < -0.3 is 10.2 Å².